The number of hydrogen-bond acceptors (Lipinski definition) is 5. The van der Waals surface area contributed by atoms with Gasteiger partial charge >= 0.3 is 0 Å². The van der Waals surface area contributed by atoms with E-state index in [-0.39, 0.29) is 0 Å². The third kappa shape index (κ3) is 3.45. The predicted octanol–water partition coefficient (Wildman–Crippen LogP) is 4.83. The molecule has 1 N–H and O–H groups in total. The smallest absolute Gasteiger partial charge is 0.222 e. The largest absolute Gasteiger partial charge is 0.331 e. The molecule has 1 heterocycles. The zero-order valence-electron chi connectivity index (χ0n) is 10.3. The molecular formula is C14H10ClN3S2. The van der Waals surface area contributed by atoms with Crippen LogP contribution in [0.1, 0.15) is 0 Å². The second kappa shape index (κ2) is 6.17. The maximum absolute atomic E-state index is 5.85. The summed E-state index contributed by atoms with van der Waals surface area (Å²) in [6, 6.07) is 17.3. The summed E-state index contributed by atoms with van der Waals surface area (Å²) in [5.74, 6) is 0. The first-order valence-electron chi connectivity index (χ1n) is 5.89. The van der Waals surface area contributed by atoms with Crippen LogP contribution in [0.25, 0.3) is 0 Å². The van der Waals surface area contributed by atoms with Gasteiger partial charge in [0.15, 0.2) is 5.13 Å². The average molecular weight is 320 g/mol. The number of rotatable bonds is 3. The molecule has 0 atom stereocenters. The fourth-order valence-electron chi connectivity index (χ4n) is 1.56. The van der Waals surface area contributed by atoms with Gasteiger partial charge in [-0.05, 0) is 57.1 Å². The van der Waals surface area contributed by atoms with E-state index in [4.69, 9.17) is 11.6 Å². The van der Waals surface area contributed by atoms with Crippen LogP contribution in [0, 0.1) is 0 Å². The summed E-state index contributed by atoms with van der Waals surface area (Å²) in [6.45, 7) is 0. The zero-order chi connectivity index (χ0) is 13.8. The molecule has 0 amide bonds. The molecule has 0 spiro atoms. The van der Waals surface area contributed by atoms with Crippen molar-refractivity contribution in [2.24, 2.45) is 4.99 Å². The summed E-state index contributed by atoms with van der Waals surface area (Å²) in [5, 5.41) is 4.80. The molecule has 0 saturated heterocycles. The molecule has 0 aliphatic heterocycles. The Morgan fingerprint density at radius 1 is 0.950 bits per heavy atom. The molecule has 0 fully saturated rings. The Hall–Kier alpha value is -1.69. The SMILES string of the molecule is Clc1ccc(N=c2nc(Nc3ccccc3)ss2)cc1. The zero-order valence-corrected chi connectivity index (χ0v) is 12.7. The highest BCUT2D eigenvalue weighted by Crippen LogP contribution is 2.20. The third-order valence-electron chi connectivity index (χ3n) is 2.47. The second-order valence-corrected chi connectivity index (χ2v) is 6.47. The van der Waals surface area contributed by atoms with Gasteiger partial charge in [0.05, 0.1) is 5.69 Å². The van der Waals surface area contributed by atoms with Gasteiger partial charge in [-0.2, -0.15) is 4.98 Å². The first-order valence-corrected chi connectivity index (χ1v) is 8.42. The normalized spacial score (nSPS) is 11.6. The van der Waals surface area contributed by atoms with Crippen molar-refractivity contribution < 1.29 is 0 Å². The lowest BCUT2D eigenvalue weighted by atomic mass is 10.3. The quantitative estimate of drug-likeness (QED) is 0.702. The summed E-state index contributed by atoms with van der Waals surface area (Å²) in [4.78, 5) is 9.65. The van der Waals surface area contributed by atoms with Crippen molar-refractivity contribution in [3.63, 3.8) is 0 Å². The van der Waals surface area contributed by atoms with E-state index in [0.29, 0.717) is 5.02 Å². The number of hydrogen-bond donors (Lipinski definition) is 1. The van der Waals surface area contributed by atoms with Crippen molar-refractivity contribution in [1.29, 1.82) is 0 Å². The van der Waals surface area contributed by atoms with E-state index in [9.17, 15) is 0 Å². The maximum atomic E-state index is 5.85. The molecular weight excluding hydrogens is 310 g/mol. The lowest BCUT2D eigenvalue weighted by Gasteiger charge is -1.99. The van der Waals surface area contributed by atoms with Gasteiger partial charge in [0.2, 0.25) is 4.80 Å². The van der Waals surface area contributed by atoms with Crippen LogP contribution in [0.4, 0.5) is 16.5 Å². The Kier molecular flexibility index (Phi) is 4.11. The Labute approximate surface area is 128 Å². The number of anilines is 2. The van der Waals surface area contributed by atoms with Crippen LogP contribution in [0.2, 0.25) is 5.02 Å². The average Bonchev–Trinajstić information content (AvgIpc) is 2.90. The number of aromatic nitrogens is 1. The summed E-state index contributed by atoms with van der Waals surface area (Å²) < 4.78 is 0. The number of nitrogens with zero attached hydrogens (tertiary/aromatic N) is 2. The molecule has 3 aromatic rings. The van der Waals surface area contributed by atoms with Crippen LogP contribution in [0.15, 0.2) is 59.6 Å². The van der Waals surface area contributed by atoms with Crippen molar-refractivity contribution in [2.75, 3.05) is 5.32 Å². The van der Waals surface area contributed by atoms with Crippen LogP contribution < -0.4 is 10.1 Å². The Morgan fingerprint density at radius 3 is 2.45 bits per heavy atom. The van der Waals surface area contributed by atoms with E-state index in [2.05, 4.69) is 15.3 Å². The molecule has 6 heteroatoms. The number of halogens is 1. The summed E-state index contributed by atoms with van der Waals surface area (Å²) >= 11 is 5.85. The van der Waals surface area contributed by atoms with Crippen molar-refractivity contribution in [3.05, 3.63) is 64.4 Å². The third-order valence-corrected chi connectivity index (χ3v) is 4.66. The first kappa shape index (κ1) is 13.3. The second-order valence-electron chi connectivity index (χ2n) is 3.95. The van der Waals surface area contributed by atoms with Gasteiger partial charge < -0.3 is 5.32 Å². The molecule has 20 heavy (non-hydrogen) atoms. The fourth-order valence-corrected chi connectivity index (χ4v) is 3.38. The standard InChI is InChI=1S/C14H10ClN3S2/c15-10-6-8-12(9-7-10)17-14-18-13(19-20-14)16-11-4-2-1-3-5-11/h1-9H,(H,16,17,18). The molecule has 0 saturated carbocycles. The van der Waals surface area contributed by atoms with E-state index in [1.807, 2.05) is 54.6 Å². The minimum atomic E-state index is 0.706. The van der Waals surface area contributed by atoms with Crippen LogP contribution in [0.3, 0.4) is 0 Å². The highest BCUT2D eigenvalue weighted by molar-refractivity contribution is 7.69. The monoisotopic (exact) mass is 319 g/mol. The van der Waals surface area contributed by atoms with Crippen molar-refractivity contribution in [2.45, 2.75) is 0 Å². The van der Waals surface area contributed by atoms with E-state index in [0.717, 1.165) is 21.3 Å². The summed E-state index contributed by atoms with van der Waals surface area (Å²) in [6.07, 6.45) is 0. The summed E-state index contributed by atoms with van der Waals surface area (Å²) in [7, 11) is 3.10. The van der Waals surface area contributed by atoms with Crippen LogP contribution in [-0.4, -0.2) is 4.98 Å². The van der Waals surface area contributed by atoms with Crippen LogP contribution >= 0.6 is 32.3 Å². The minimum Gasteiger partial charge on any atom is -0.331 e. The van der Waals surface area contributed by atoms with E-state index < -0.39 is 0 Å². The lowest BCUT2D eigenvalue weighted by molar-refractivity contribution is 1.24. The molecule has 0 aliphatic carbocycles. The predicted molar refractivity (Wildman–Crippen MR) is 86.4 cm³/mol. The maximum Gasteiger partial charge on any atom is 0.222 e. The number of nitrogens with one attached hydrogen (secondary N) is 1. The van der Waals surface area contributed by atoms with Gasteiger partial charge in [-0.15, -0.1) is 0 Å². The molecule has 0 aliphatic rings. The first-order chi connectivity index (χ1) is 9.79. The van der Waals surface area contributed by atoms with Crippen molar-refractivity contribution >= 4 is 48.8 Å². The van der Waals surface area contributed by atoms with Crippen LogP contribution in [-0.2, 0) is 0 Å². The Balaban J connectivity index is 1.81. The molecule has 2 aromatic carbocycles. The van der Waals surface area contributed by atoms with E-state index in [1.54, 1.807) is 10.3 Å². The highest BCUT2D eigenvalue weighted by atomic mass is 35.5. The molecule has 0 bridgehead atoms. The minimum absolute atomic E-state index is 0.706. The molecule has 100 valence electrons. The molecule has 0 radical (unpaired) electrons. The molecule has 1 aromatic heterocycles. The highest BCUT2D eigenvalue weighted by Gasteiger charge is 1.99. The summed E-state index contributed by atoms with van der Waals surface area (Å²) in [5.41, 5.74) is 1.87. The van der Waals surface area contributed by atoms with E-state index in [1.165, 1.54) is 10.3 Å². The lowest BCUT2D eigenvalue weighted by Crippen LogP contribution is -1.98. The Morgan fingerprint density at radius 2 is 1.70 bits per heavy atom. The van der Waals surface area contributed by atoms with Gasteiger partial charge in [0, 0.05) is 10.7 Å². The molecule has 0 unspecified atom stereocenters. The van der Waals surface area contributed by atoms with Crippen molar-refractivity contribution in [1.82, 2.24) is 4.98 Å². The molecule has 3 rings (SSSR count). The number of benzene rings is 2. The number of para-hydroxylation sites is 1. The van der Waals surface area contributed by atoms with Crippen molar-refractivity contribution in [3.8, 4) is 0 Å². The fraction of sp³-hybridized carbons (Fsp3) is 0. The van der Waals surface area contributed by atoms with Gasteiger partial charge in [-0.3, -0.25) is 0 Å². The van der Waals surface area contributed by atoms with Crippen LogP contribution in [0.5, 0.6) is 0 Å². The topological polar surface area (TPSA) is 37.3 Å². The van der Waals surface area contributed by atoms with Gasteiger partial charge in [-0.25, -0.2) is 4.99 Å². The van der Waals surface area contributed by atoms with Gasteiger partial charge in [0.1, 0.15) is 0 Å². The van der Waals surface area contributed by atoms with Gasteiger partial charge in [-0.1, -0.05) is 29.8 Å². The van der Waals surface area contributed by atoms with E-state index >= 15 is 0 Å². The molecule has 3 nitrogen and oxygen atoms in total. The van der Waals surface area contributed by atoms with Gasteiger partial charge in [0.25, 0.3) is 0 Å². The Bertz CT molecular complexity index is 748.